The second-order valence-electron chi connectivity index (χ2n) is 6.85. The predicted octanol–water partition coefficient (Wildman–Crippen LogP) is 5.59. The number of carbonyl (C=O) groups is 1. The topological polar surface area (TPSA) is 82.3 Å². The van der Waals surface area contributed by atoms with Crippen molar-refractivity contribution in [3.8, 4) is 16.9 Å². The molecule has 4 aromatic rings. The lowest BCUT2D eigenvalue weighted by Gasteiger charge is -2.09. The molecule has 30 heavy (non-hydrogen) atoms. The Kier molecular flexibility index (Phi) is 5.22. The van der Waals surface area contributed by atoms with Crippen molar-refractivity contribution < 1.29 is 14.5 Å². The van der Waals surface area contributed by atoms with E-state index in [1.165, 1.54) is 13.0 Å². The number of ether oxygens (including phenoxy) is 1. The highest BCUT2D eigenvalue weighted by atomic mass is 16.6. The van der Waals surface area contributed by atoms with Crippen LogP contribution in [-0.2, 0) is 6.61 Å². The number of Topliss-reactive ketones (excluding diaryl/α,β-unsaturated/α-hetero) is 1. The Balaban J connectivity index is 1.52. The highest BCUT2D eigenvalue weighted by Gasteiger charge is 2.17. The number of benzene rings is 3. The van der Waals surface area contributed by atoms with E-state index in [4.69, 9.17) is 4.74 Å². The van der Waals surface area contributed by atoms with E-state index in [1.807, 2.05) is 36.4 Å². The van der Waals surface area contributed by atoms with Crippen molar-refractivity contribution in [2.45, 2.75) is 13.5 Å². The molecule has 0 aliphatic carbocycles. The molecule has 6 nitrogen and oxygen atoms in total. The van der Waals surface area contributed by atoms with E-state index in [0.29, 0.717) is 29.0 Å². The quantitative estimate of drug-likeness (QED) is 0.240. The summed E-state index contributed by atoms with van der Waals surface area (Å²) in [6, 6.07) is 23.4. The van der Waals surface area contributed by atoms with Gasteiger partial charge in [0.1, 0.15) is 12.4 Å². The second kappa shape index (κ2) is 8.13. The number of fused-ring (bicyclic) bond motifs is 1. The van der Waals surface area contributed by atoms with Gasteiger partial charge in [-0.1, -0.05) is 42.5 Å². The molecular weight excluding hydrogens is 380 g/mol. The molecule has 0 unspecified atom stereocenters. The SMILES string of the molecule is CC(=O)c1ccc(-c2ccc(OCc3ccc4ccccc4n3)cc2)c([N+](=O)[O-])c1. The van der Waals surface area contributed by atoms with Gasteiger partial charge in [-0.25, -0.2) is 4.98 Å². The van der Waals surface area contributed by atoms with Crippen LogP contribution in [0, 0.1) is 10.1 Å². The lowest BCUT2D eigenvalue weighted by atomic mass is 10.0. The molecular formula is C24H18N2O4. The summed E-state index contributed by atoms with van der Waals surface area (Å²) in [6.07, 6.45) is 0. The van der Waals surface area contributed by atoms with Gasteiger partial charge in [0.2, 0.25) is 0 Å². The zero-order valence-electron chi connectivity index (χ0n) is 16.2. The summed E-state index contributed by atoms with van der Waals surface area (Å²) in [5, 5.41) is 12.5. The Morgan fingerprint density at radius 2 is 1.77 bits per heavy atom. The minimum absolute atomic E-state index is 0.100. The van der Waals surface area contributed by atoms with E-state index in [2.05, 4.69) is 4.98 Å². The molecule has 0 fully saturated rings. The molecule has 0 amide bonds. The van der Waals surface area contributed by atoms with Crippen LogP contribution in [0.4, 0.5) is 5.69 Å². The normalized spacial score (nSPS) is 10.7. The number of pyridine rings is 1. The smallest absolute Gasteiger partial charge is 0.277 e. The molecule has 4 rings (SSSR count). The first kappa shape index (κ1) is 19.3. The standard InChI is InChI=1S/C24H18N2O4/c1-16(27)19-9-13-22(24(14-19)26(28)29)17-7-11-21(12-8-17)30-15-20-10-6-18-4-2-3-5-23(18)25-20/h2-14H,15H2,1H3. The predicted molar refractivity (Wildman–Crippen MR) is 115 cm³/mol. The molecule has 3 aromatic carbocycles. The van der Waals surface area contributed by atoms with Crippen LogP contribution in [0.15, 0.2) is 78.9 Å². The molecule has 0 radical (unpaired) electrons. The van der Waals surface area contributed by atoms with Crippen LogP contribution in [0.3, 0.4) is 0 Å². The number of nitro benzene ring substituents is 1. The van der Waals surface area contributed by atoms with Crippen LogP contribution in [0.5, 0.6) is 5.75 Å². The number of hydrogen-bond acceptors (Lipinski definition) is 5. The van der Waals surface area contributed by atoms with Gasteiger partial charge in [-0.15, -0.1) is 0 Å². The third-order valence-corrected chi connectivity index (χ3v) is 4.81. The number of para-hydroxylation sites is 1. The fraction of sp³-hybridized carbons (Fsp3) is 0.0833. The lowest BCUT2D eigenvalue weighted by Crippen LogP contribution is -1.99. The van der Waals surface area contributed by atoms with Gasteiger partial charge < -0.3 is 4.74 Å². The maximum atomic E-state index is 11.5. The largest absolute Gasteiger partial charge is 0.487 e. The number of carbonyl (C=O) groups excluding carboxylic acids is 1. The first-order chi connectivity index (χ1) is 14.5. The van der Waals surface area contributed by atoms with Crippen molar-refractivity contribution in [2.24, 2.45) is 0 Å². The Morgan fingerprint density at radius 3 is 2.50 bits per heavy atom. The van der Waals surface area contributed by atoms with Gasteiger partial charge in [-0.3, -0.25) is 14.9 Å². The van der Waals surface area contributed by atoms with E-state index < -0.39 is 4.92 Å². The van der Waals surface area contributed by atoms with Crippen LogP contribution in [0.25, 0.3) is 22.0 Å². The first-order valence-electron chi connectivity index (χ1n) is 9.38. The van der Waals surface area contributed by atoms with Gasteiger partial charge in [-0.2, -0.15) is 0 Å². The fourth-order valence-corrected chi connectivity index (χ4v) is 3.22. The number of aromatic nitrogens is 1. The summed E-state index contributed by atoms with van der Waals surface area (Å²) in [5.41, 5.74) is 3.06. The average Bonchev–Trinajstić information content (AvgIpc) is 2.77. The van der Waals surface area contributed by atoms with Crippen molar-refractivity contribution in [1.82, 2.24) is 4.98 Å². The summed E-state index contributed by atoms with van der Waals surface area (Å²) in [7, 11) is 0. The van der Waals surface area contributed by atoms with E-state index in [-0.39, 0.29) is 11.5 Å². The Hall–Kier alpha value is -4.06. The molecule has 0 saturated carbocycles. The molecule has 6 heteroatoms. The van der Waals surface area contributed by atoms with Crippen molar-refractivity contribution >= 4 is 22.4 Å². The van der Waals surface area contributed by atoms with Crippen molar-refractivity contribution in [3.05, 3.63) is 100 Å². The van der Waals surface area contributed by atoms with Gasteiger partial charge in [0.25, 0.3) is 5.69 Å². The minimum atomic E-state index is -0.475. The highest BCUT2D eigenvalue weighted by Crippen LogP contribution is 2.32. The summed E-state index contributed by atoms with van der Waals surface area (Å²) in [5.74, 6) is 0.424. The van der Waals surface area contributed by atoms with Gasteiger partial charge in [0.15, 0.2) is 5.78 Å². The summed E-state index contributed by atoms with van der Waals surface area (Å²) in [4.78, 5) is 27.1. The van der Waals surface area contributed by atoms with E-state index in [0.717, 1.165) is 16.6 Å². The maximum Gasteiger partial charge on any atom is 0.277 e. The lowest BCUT2D eigenvalue weighted by molar-refractivity contribution is -0.384. The Morgan fingerprint density at radius 1 is 1.00 bits per heavy atom. The molecule has 1 heterocycles. The number of nitro groups is 1. The second-order valence-corrected chi connectivity index (χ2v) is 6.85. The number of nitrogens with zero attached hydrogens (tertiary/aromatic N) is 2. The highest BCUT2D eigenvalue weighted by molar-refractivity contribution is 5.96. The van der Waals surface area contributed by atoms with Gasteiger partial charge in [-0.05, 0) is 42.8 Å². The molecule has 0 saturated heterocycles. The summed E-state index contributed by atoms with van der Waals surface area (Å²) in [6.45, 7) is 1.70. The summed E-state index contributed by atoms with van der Waals surface area (Å²) < 4.78 is 5.82. The van der Waals surface area contributed by atoms with Crippen LogP contribution < -0.4 is 4.74 Å². The van der Waals surface area contributed by atoms with E-state index in [9.17, 15) is 14.9 Å². The Bertz CT molecular complexity index is 1250. The maximum absolute atomic E-state index is 11.5. The molecule has 0 spiro atoms. The molecule has 0 atom stereocenters. The van der Waals surface area contributed by atoms with Gasteiger partial charge in [0, 0.05) is 17.0 Å². The third kappa shape index (κ3) is 4.03. The van der Waals surface area contributed by atoms with Crippen LogP contribution in [0.1, 0.15) is 23.0 Å². The Labute approximate surface area is 172 Å². The monoisotopic (exact) mass is 398 g/mol. The van der Waals surface area contributed by atoms with E-state index in [1.54, 1.807) is 36.4 Å². The molecule has 0 aliphatic heterocycles. The zero-order chi connectivity index (χ0) is 21.1. The third-order valence-electron chi connectivity index (χ3n) is 4.81. The van der Waals surface area contributed by atoms with Crippen LogP contribution in [0.2, 0.25) is 0 Å². The van der Waals surface area contributed by atoms with Gasteiger partial charge >= 0.3 is 0 Å². The number of ketones is 1. The van der Waals surface area contributed by atoms with E-state index >= 15 is 0 Å². The minimum Gasteiger partial charge on any atom is -0.487 e. The van der Waals surface area contributed by atoms with Gasteiger partial charge in [0.05, 0.1) is 21.7 Å². The first-order valence-corrected chi connectivity index (χ1v) is 9.38. The van der Waals surface area contributed by atoms with Crippen LogP contribution >= 0.6 is 0 Å². The van der Waals surface area contributed by atoms with Crippen molar-refractivity contribution in [3.63, 3.8) is 0 Å². The molecule has 0 N–H and O–H groups in total. The number of rotatable bonds is 6. The average molecular weight is 398 g/mol. The fourth-order valence-electron chi connectivity index (χ4n) is 3.22. The van der Waals surface area contributed by atoms with Crippen molar-refractivity contribution in [1.29, 1.82) is 0 Å². The van der Waals surface area contributed by atoms with Crippen molar-refractivity contribution in [2.75, 3.05) is 0 Å². The van der Waals surface area contributed by atoms with Crippen LogP contribution in [-0.4, -0.2) is 15.7 Å². The number of hydrogen-bond donors (Lipinski definition) is 0. The zero-order valence-corrected chi connectivity index (χ0v) is 16.2. The summed E-state index contributed by atoms with van der Waals surface area (Å²) >= 11 is 0. The molecule has 0 bridgehead atoms. The molecule has 148 valence electrons. The molecule has 0 aliphatic rings. The molecule has 1 aromatic heterocycles.